The number of halogens is 2. The van der Waals surface area contributed by atoms with Crippen molar-refractivity contribution in [1.29, 1.82) is 0 Å². The average molecular weight is 755 g/mol. The van der Waals surface area contributed by atoms with E-state index >= 15 is 4.79 Å². The molecule has 3 aromatic heterocycles. The Morgan fingerprint density at radius 2 is 1.68 bits per heavy atom. The van der Waals surface area contributed by atoms with Crippen molar-refractivity contribution in [2.24, 2.45) is 7.05 Å². The van der Waals surface area contributed by atoms with Gasteiger partial charge in [-0.2, -0.15) is 0 Å². The molecule has 0 spiro atoms. The Morgan fingerprint density at radius 1 is 0.981 bits per heavy atom. The summed E-state index contributed by atoms with van der Waals surface area (Å²) in [6.07, 6.45) is 3.13. The number of ether oxygens (including phenoxy) is 2. The van der Waals surface area contributed by atoms with Gasteiger partial charge in [0.15, 0.2) is 5.82 Å². The molecule has 1 aliphatic rings. The van der Waals surface area contributed by atoms with Crippen LogP contribution in [0, 0.1) is 27.7 Å². The lowest BCUT2D eigenvalue weighted by atomic mass is 9.97. The Hall–Kier alpha value is -4.90. The topological polar surface area (TPSA) is 112 Å². The summed E-state index contributed by atoms with van der Waals surface area (Å²) in [5.41, 5.74) is 9.10. The molecule has 10 nitrogen and oxygen atoms in total. The maximum Gasteiger partial charge on any atom is 0.337 e. The maximum atomic E-state index is 15.1. The lowest BCUT2D eigenvalue weighted by Crippen LogP contribution is -2.42. The number of aromatic nitrogens is 4. The molecule has 7 rings (SSSR count). The summed E-state index contributed by atoms with van der Waals surface area (Å²) < 4.78 is 15.3. The van der Waals surface area contributed by atoms with E-state index in [-0.39, 0.29) is 18.6 Å². The lowest BCUT2D eigenvalue weighted by molar-refractivity contribution is 0.0600. The number of carbonyl (C=O) groups excluding carboxylic acids is 2. The van der Waals surface area contributed by atoms with Crippen molar-refractivity contribution in [3.05, 3.63) is 104 Å². The number of benzene rings is 3. The van der Waals surface area contributed by atoms with Crippen LogP contribution < -0.4 is 9.64 Å². The average Bonchev–Trinajstić information content (AvgIpc) is 3.65. The molecule has 6 aromatic rings. The second-order valence-electron chi connectivity index (χ2n) is 13.8. The lowest BCUT2D eigenvalue weighted by Gasteiger charge is -2.34. The molecule has 0 saturated carbocycles. The first-order valence-electron chi connectivity index (χ1n) is 17.5. The van der Waals surface area contributed by atoms with E-state index in [1.807, 2.05) is 80.7 Å². The fraction of sp³-hybridized carbons (Fsp3) is 0.317. The molecule has 0 radical (unpaired) electrons. The molecular formula is C41H41Cl2N5O5. The fourth-order valence-electron chi connectivity index (χ4n) is 7.85. The van der Waals surface area contributed by atoms with E-state index in [1.165, 1.54) is 7.11 Å². The minimum atomic E-state index is -0.445. The molecule has 4 heterocycles. The zero-order valence-electron chi connectivity index (χ0n) is 30.8. The van der Waals surface area contributed by atoms with Crippen LogP contribution in [0.1, 0.15) is 74.1 Å². The van der Waals surface area contributed by atoms with E-state index in [0.29, 0.717) is 65.2 Å². The van der Waals surface area contributed by atoms with Gasteiger partial charge in [0.2, 0.25) is 0 Å². The van der Waals surface area contributed by atoms with Crippen LogP contribution in [0.4, 0.5) is 5.69 Å². The second-order valence-corrected chi connectivity index (χ2v) is 14.6. The van der Waals surface area contributed by atoms with Gasteiger partial charge >= 0.3 is 5.97 Å². The quantitative estimate of drug-likeness (QED) is 0.116. The van der Waals surface area contributed by atoms with Crippen molar-refractivity contribution in [3.8, 4) is 16.9 Å². The standard InChI is InChI=1S/C41H41Cl2N5O5/c1-21-15-27(16-22(2)37(21)43)53-14-8-9-28-29-11-12-31(42)36(35-24(4)44-34(20-49)45-25(35)5)38(29)48-23(3)18-47(40(50)39(28)48)33-19-46(6)32-13-10-26(17-30(32)33)41(51)52-7/h10-13,15-17,19,23,49H,8-9,14,18,20H2,1-7H3/t23-/m1/s1. The van der Waals surface area contributed by atoms with Gasteiger partial charge in [0.1, 0.15) is 18.1 Å². The molecule has 1 N–H and O–H groups in total. The predicted molar refractivity (Wildman–Crippen MR) is 209 cm³/mol. The van der Waals surface area contributed by atoms with E-state index in [1.54, 1.807) is 12.1 Å². The van der Waals surface area contributed by atoms with Gasteiger partial charge in [-0.3, -0.25) is 4.79 Å². The van der Waals surface area contributed by atoms with Crippen molar-refractivity contribution in [2.45, 2.75) is 60.1 Å². The van der Waals surface area contributed by atoms with E-state index < -0.39 is 5.97 Å². The smallest absolute Gasteiger partial charge is 0.337 e. The summed E-state index contributed by atoms with van der Waals surface area (Å²) in [7, 11) is 3.28. The number of aliphatic hydroxyl groups is 1. The monoisotopic (exact) mass is 753 g/mol. The van der Waals surface area contributed by atoms with Gasteiger partial charge in [0.05, 0.1) is 35.5 Å². The zero-order valence-corrected chi connectivity index (χ0v) is 32.3. The SMILES string of the molecule is COC(=O)c1ccc2c(c1)c(N1C[C@@H](C)n3c(c(CCCOc4cc(C)c(Cl)c(C)c4)c4ccc(Cl)c(-c5c(C)nc(CO)nc5C)c43)C1=O)cn2C. The number of nitrogens with zero attached hydrogens (tertiary/aromatic N) is 5. The molecule has 3 aromatic carbocycles. The maximum absolute atomic E-state index is 15.1. The number of fused-ring (bicyclic) bond motifs is 4. The molecule has 1 atom stereocenters. The molecule has 0 aliphatic carbocycles. The summed E-state index contributed by atoms with van der Waals surface area (Å²) in [6, 6.07) is 13.0. The third-order valence-corrected chi connectivity index (χ3v) is 11.1. The van der Waals surface area contributed by atoms with E-state index in [0.717, 1.165) is 60.4 Å². The molecule has 12 heteroatoms. The summed E-state index contributed by atoms with van der Waals surface area (Å²) in [4.78, 5) is 38.6. The molecule has 0 unspecified atom stereocenters. The third-order valence-electron chi connectivity index (χ3n) is 10.2. The summed E-state index contributed by atoms with van der Waals surface area (Å²) >= 11 is 13.5. The minimum Gasteiger partial charge on any atom is -0.494 e. The number of esters is 1. The number of carbonyl (C=O) groups is 2. The first kappa shape index (κ1) is 36.5. The van der Waals surface area contributed by atoms with Crippen molar-refractivity contribution >= 4 is 62.6 Å². The number of rotatable bonds is 9. The van der Waals surface area contributed by atoms with Gasteiger partial charge in [-0.25, -0.2) is 14.8 Å². The Kier molecular flexibility index (Phi) is 9.74. The van der Waals surface area contributed by atoms with Crippen molar-refractivity contribution in [2.75, 3.05) is 25.2 Å². The highest BCUT2D eigenvalue weighted by Gasteiger charge is 2.37. The summed E-state index contributed by atoms with van der Waals surface area (Å²) in [5, 5.41) is 12.7. The number of aryl methyl sites for hydroxylation is 6. The van der Waals surface area contributed by atoms with E-state index in [2.05, 4.69) is 21.5 Å². The van der Waals surface area contributed by atoms with E-state index in [9.17, 15) is 9.90 Å². The number of hydrogen-bond acceptors (Lipinski definition) is 7. The Bertz CT molecular complexity index is 2420. The van der Waals surface area contributed by atoms with Gasteiger partial charge in [0, 0.05) is 69.7 Å². The third kappa shape index (κ3) is 6.22. The highest BCUT2D eigenvalue weighted by atomic mass is 35.5. The summed E-state index contributed by atoms with van der Waals surface area (Å²) in [6.45, 7) is 10.3. The first-order valence-corrected chi connectivity index (χ1v) is 18.3. The van der Waals surface area contributed by atoms with Gasteiger partial charge in [-0.15, -0.1) is 0 Å². The van der Waals surface area contributed by atoms with Gasteiger partial charge < -0.3 is 28.6 Å². The van der Waals surface area contributed by atoms with Crippen LogP contribution in [0.5, 0.6) is 5.75 Å². The number of aliphatic hydroxyl groups excluding tert-OH is 1. The van der Waals surface area contributed by atoms with Crippen LogP contribution in [0.2, 0.25) is 10.0 Å². The molecule has 0 bridgehead atoms. The van der Waals surface area contributed by atoms with Crippen LogP contribution in [0.25, 0.3) is 32.9 Å². The Morgan fingerprint density at radius 3 is 2.34 bits per heavy atom. The van der Waals surface area contributed by atoms with Crippen LogP contribution >= 0.6 is 23.2 Å². The summed E-state index contributed by atoms with van der Waals surface area (Å²) in [5.74, 6) is 0.482. The normalized spacial score (nSPS) is 14.3. The van der Waals surface area contributed by atoms with Crippen LogP contribution in [-0.2, 0) is 24.8 Å². The van der Waals surface area contributed by atoms with E-state index in [4.69, 9.17) is 32.7 Å². The molecule has 274 valence electrons. The van der Waals surface area contributed by atoms with Crippen molar-refractivity contribution in [3.63, 3.8) is 0 Å². The first-order chi connectivity index (χ1) is 25.3. The number of methoxy groups -OCH3 is 1. The zero-order chi connectivity index (χ0) is 37.9. The Balaban J connectivity index is 1.39. The largest absolute Gasteiger partial charge is 0.494 e. The van der Waals surface area contributed by atoms with Crippen molar-refractivity contribution in [1.82, 2.24) is 19.1 Å². The molecule has 1 amide bonds. The Labute approximate surface area is 317 Å². The number of amides is 1. The molecule has 0 saturated heterocycles. The van der Waals surface area contributed by atoms with Gasteiger partial charge in [-0.1, -0.05) is 29.3 Å². The number of hydrogen-bond donors (Lipinski definition) is 1. The minimum absolute atomic E-state index is 0.155. The molecule has 53 heavy (non-hydrogen) atoms. The number of anilines is 1. The van der Waals surface area contributed by atoms with Crippen molar-refractivity contribution < 1.29 is 24.2 Å². The van der Waals surface area contributed by atoms with Crippen LogP contribution in [0.3, 0.4) is 0 Å². The predicted octanol–water partition coefficient (Wildman–Crippen LogP) is 8.64. The van der Waals surface area contributed by atoms with Gasteiger partial charge in [-0.05, 0) is 101 Å². The molecule has 0 fully saturated rings. The second kappa shape index (κ2) is 14.2. The fourth-order valence-corrected chi connectivity index (χ4v) is 8.21. The van der Waals surface area contributed by atoms with Crippen LogP contribution in [-0.4, -0.2) is 56.3 Å². The molecular weight excluding hydrogens is 713 g/mol. The highest BCUT2D eigenvalue weighted by molar-refractivity contribution is 6.35. The van der Waals surface area contributed by atoms with Gasteiger partial charge in [0.25, 0.3) is 5.91 Å². The van der Waals surface area contributed by atoms with Crippen LogP contribution in [0.15, 0.2) is 48.7 Å². The highest BCUT2D eigenvalue weighted by Crippen LogP contribution is 2.45. The molecule has 1 aliphatic heterocycles.